The predicted molar refractivity (Wildman–Crippen MR) is 124 cm³/mol. The van der Waals surface area contributed by atoms with Crippen molar-refractivity contribution in [3.8, 4) is 5.75 Å². The van der Waals surface area contributed by atoms with Crippen molar-refractivity contribution in [2.24, 2.45) is 0 Å². The molecule has 30 heavy (non-hydrogen) atoms. The zero-order chi connectivity index (χ0) is 21.1. The van der Waals surface area contributed by atoms with E-state index in [1.54, 1.807) is 23.1 Å². The summed E-state index contributed by atoms with van der Waals surface area (Å²) in [5.41, 5.74) is 1.58. The summed E-state index contributed by atoms with van der Waals surface area (Å²) in [6, 6.07) is 21.0. The van der Waals surface area contributed by atoms with Crippen LogP contribution in [-0.2, 0) is 9.59 Å². The van der Waals surface area contributed by atoms with Crippen molar-refractivity contribution in [3.63, 3.8) is 0 Å². The van der Waals surface area contributed by atoms with Crippen LogP contribution >= 0.6 is 24.0 Å². The fourth-order valence-electron chi connectivity index (χ4n) is 3.07. The fourth-order valence-corrected chi connectivity index (χ4v) is 4.37. The van der Waals surface area contributed by atoms with Crippen molar-refractivity contribution in [3.05, 3.63) is 77.2 Å². The van der Waals surface area contributed by atoms with Gasteiger partial charge in [-0.3, -0.25) is 14.5 Å². The van der Waals surface area contributed by atoms with E-state index >= 15 is 0 Å². The first kappa shape index (κ1) is 20.1. The van der Waals surface area contributed by atoms with E-state index in [9.17, 15) is 9.59 Å². The lowest BCUT2D eigenvalue weighted by Gasteiger charge is -2.15. The number of hydrogen-bond acceptors (Lipinski definition) is 5. The Morgan fingerprint density at radius 1 is 1.07 bits per heavy atom. The number of benzene rings is 3. The molecule has 0 unspecified atom stereocenters. The van der Waals surface area contributed by atoms with Crippen LogP contribution in [-0.4, -0.2) is 27.9 Å². The number of nitrogens with zero attached hydrogens (tertiary/aromatic N) is 1. The van der Waals surface area contributed by atoms with Gasteiger partial charge in [-0.2, -0.15) is 0 Å². The summed E-state index contributed by atoms with van der Waals surface area (Å²) < 4.78 is 5.88. The number of aliphatic carboxylic acids is 1. The monoisotopic (exact) mass is 435 g/mol. The van der Waals surface area contributed by atoms with E-state index in [2.05, 4.69) is 0 Å². The van der Waals surface area contributed by atoms with E-state index < -0.39 is 5.97 Å². The summed E-state index contributed by atoms with van der Waals surface area (Å²) in [6.45, 7) is 0.110. The van der Waals surface area contributed by atoms with Crippen LogP contribution in [0.15, 0.2) is 71.6 Å². The average Bonchev–Trinajstić information content (AvgIpc) is 3.01. The lowest BCUT2D eigenvalue weighted by molar-refractivity contribution is -0.137. The van der Waals surface area contributed by atoms with E-state index in [1.165, 1.54) is 11.8 Å². The predicted octanol–water partition coefficient (Wildman–Crippen LogP) is 5.10. The fraction of sp³-hybridized carbons (Fsp3) is 0.0870. The molecular formula is C23H17NO4S2. The van der Waals surface area contributed by atoms with Crippen LogP contribution in [0.5, 0.6) is 5.75 Å². The molecule has 1 aliphatic heterocycles. The highest BCUT2D eigenvalue weighted by Gasteiger charge is 2.33. The van der Waals surface area contributed by atoms with Crippen molar-refractivity contribution in [2.75, 3.05) is 11.5 Å². The van der Waals surface area contributed by atoms with Crippen LogP contribution in [0.2, 0.25) is 0 Å². The number of carboxylic acids is 1. The highest BCUT2D eigenvalue weighted by Crippen LogP contribution is 2.37. The molecule has 3 aromatic carbocycles. The van der Waals surface area contributed by atoms with E-state index in [-0.39, 0.29) is 18.9 Å². The van der Waals surface area contributed by atoms with Gasteiger partial charge in [0.1, 0.15) is 5.75 Å². The van der Waals surface area contributed by atoms with Gasteiger partial charge in [0, 0.05) is 0 Å². The minimum atomic E-state index is -0.903. The summed E-state index contributed by atoms with van der Waals surface area (Å²) >= 11 is 6.74. The molecule has 1 heterocycles. The third kappa shape index (κ3) is 4.37. The van der Waals surface area contributed by atoms with Crippen LogP contribution in [0.3, 0.4) is 0 Å². The number of carboxylic acid groups (broad SMARTS) is 1. The van der Waals surface area contributed by atoms with Gasteiger partial charge in [0.2, 0.25) is 0 Å². The number of carbonyl (C=O) groups is 2. The van der Waals surface area contributed by atoms with Gasteiger partial charge in [0.05, 0.1) is 23.6 Å². The molecule has 7 heteroatoms. The van der Waals surface area contributed by atoms with E-state index in [0.717, 1.165) is 22.0 Å². The molecule has 0 aromatic heterocycles. The van der Waals surface area contributed by atoms with Gasteiger partial charge in [0.25, 0.3) is 5.91 Å². The minimum Gasteiger partial charge on any atom is -0.493 e. The Balaban J connectivity index is 1.51. The molecule has 0 radical (unpaired) electrons. The molecule has 0 bridgehead atoms. The van der Waals surface area contributed by atoms with Crippen LogP contribution < -0.4 is 9.64 Å². The lowest BCUT2D eigenvalue weighted by atomic mass is 10.1. The molecule has 1 N–H and O–H groups in total. The summed E-state index contributed by atoms with van der Waals surface area (Å²) in [5.74, 6) is -0.473. The molecule has 5 nitrogen and oxygen atoms in total. The maximum atomic E-state index is 13.0. The number of anilines is 1. The molecule has 1 saturated heterocycles. The Morgan fingerprint density at radius 3 is 2.53 bits per heavy atom. The van der Waals surface area contributed by atoms with Gasteiger partial charge in [-0.15, -0.1) is 0 Å². The maximum absolute atomic E-state index is 13.0. The highest BCUT2D eigenvalue weighted by atomic mass is 32.2. The zero-order valence-electron chi connectivity index (χ0n) is 15.8. The minimum absolute atomic E-state index is 0.0566. The molecule has 4 rings (SSSR count). The first-order valence-corrected chi connectivity index (χ1v) is 10.5. The second kappa shape index (κ2) is 8.69. The first-order chi connectivity index (χ1) is 14.5. The summed E-state index contributed by atoms with van der Waals surface area (Å²) in [5, 5.41) is 10.8. The van der Waals surface area contributed by atoms with Gasteiger partial charge < -0.3 is 9.84 Å². The molecule has 1 fully saturated rings. The van der Waals surface area contributed by atoms with Gasteiger partial charge in [-0.25, -0.2) is 0 Å². The zero-order valence-corrected chi connectivity index (χ0v) is 17.4. The lowest BCUT2D eigenvalue weighted by Crippen LogP contribution is -2.27. The SMILES string of the molecule is O=C(O)CCOc1ccc(/C=C2/SC(=S)N(c3ccc4ccccc4c3)C2=O)cc1. The number of carbonyl (C=O) groups excluding carboxylic acids is 1. The van der Waals surface area contributed by atoms with Gasteiger partial charge >= 0.3 is 5.97 Å². The molecule has 0 spiro atoms. The molecular weight excluding hydrogens is 418 g/mol. The van der Waals surface area contributed by atoms with Crippen LogP contribution in [0.4, 0.5) is 5.69 Å². The third-order valence-corrected chi connectivity index (χ3v) is 5.85. The summed E-state index contributed by atoms with van der Waals surface area (Å²) in [4.78, 5) is 25.7. The van der Waals surface area contributed by atoms with E-state index in [1.807, 2.05) is 54.6 Å². The number of thiocarbonyl (C=S) groups is 1. The number of rotatable bonds is 6. The molecule has 0 saturated carbocycles. The second-order valence-electron chi connectivity index (χ2n) is 6.61. The average molecular weight is 436 g/mol. The van der Waals surface area contributed by atoms with Gasteiger partial charge in [-0.05, 0) is 46.7 Å². The number of thioether (sulfide) groups is 1. The quantitative estimate of drug-likeness (QED) is 0.429. The van der Waals surface area contributed by atoms with E-state index in [0.29, 0.717) is 15.0 Å². The van der Waals surface area contributed by atoms with Crippen LogP contribution in [0, 0.1) is 0 Å². The van der Waals surface area contributed by atoms with Crippen molar-refractivity contribution >= 4 is 62.7 Å². The number of ether oxygens (including phenoxy) is 1. The molecule has 3 aromatic rings. The Bertz CT molecular complexity index is 1170. The summed E-state index contributed by atoms with van der Waals surface area (Å²) in [7, 11) is 0. The number of amides is 1. The largest absolute Gasteiger partial charge is 0.493 e. The standard InChI is InChI=1S/C23H17NO4S2/c25-21(26)11-12-28-19-9-5-15(6-10-19)13-20-22(27)24(23(29)30-20)18-8-7-16-3-1-2-4-17(16)14-18/h1-10,13-14H,11-12H2,(H,25,26)/b20-13+. The summed E-state index contributed by atoms with van der Waals surface area (Å²) in [6.07, 6.45) is 1.74. The van der Waals surface area contributed by atoms with Crippen LogP contribution in [0.25, 0.3) is 16.8 Å². The number of fused-ring (bicyclic) bond motifs is 1. The van der Waals surface area contributed by atoms with Crippen molar-refractivity contribution in [1.29, 1.82) is 0 Å². The topological polar surface area (TPSA) is 66.8 Å². The first-order valence-electron chi connectivity index (χ1n) is 9.23. The third-order valence-electron chi connectivity index (χ3n) is 4.55. The normalized spacial score (nSPS) is 15.2. The Hall–Kier alpha value is -3.16. The molecule has 150 valence electrons. The molecule has 1 aliphatic rings. The van der Waals surface area contributed by atoms with Crippen molar-refractivity contribution < 1.29 is 19.4 Å². The Morgan fingerprint density at radius 2 is 1.80 bits per heavy atom. The smallest absolute Gasteiger partial charge is 0.306 e. The molecule has 1 amide bonds. The van der Waals surface area contributed by atoms with E-state index in [4.69, 9.17) is 22.1 Å². The molecule has 0 aliphatic carbocycles. The van der Waals surface area contributed by atoms with Gasteiger partial charge in [-0.1, -0.05) is 66.4 Å². The second-order valence-corrected chi connectivity index (χ2v) is 8.29. The Labute approximate surface area is 183 Å². The van der Waals surface area contributed by atoms with Crippen molar-refractivity contribution in [2.45, 2.75) is 6.42 Å². The Kier molecular flexibility index (Phi) is 5.83. The van der Waals surface area contributed by atoms with Crippen LogP contribution in [0.1, 0.15) is 12.0 Å². The maximum Gasteiger partial charge on any atom is 0.306 e. The highest BCUT2D eigenvalue weighted by molar-refractivity contribution is 8.27. The van der Waals surface area contributed by atoms with Crippen molar-refractivity contribution in [1.82, 2.24) is 0 Å². The molecule has 0 atom stereocenters. The number of hydrogen-bond donors (Lipinski definition) is 1. The van der Waals surface area contributed by atoms with Gasteiger partial charge in [0.15, 0.2) is 4.32 Å².